The quantitative estimate of drug-likeness (QED) is 0.278. The van der Waals surface area contributed by atoms with Crippen molar-refractivity contribution in [3.63, 3.8) is 0 Å². The van der Waals surface area contributed by atoms with Gasteiger partial charge in [0.05, 0.1) is 25.8 Å². The van der Waals surface area contributed by atoms with Crippen LogP contribution in [0.2, 0.25) is 0 Å². The molecule has 2 fully saturated rings. The molecule has 31 heavy (non-hydrogen) atoms. The largest absolute Gasteiger partial charge is 0.379 e. The molecule has 3 N–H and O–H groups in total. The van der Waals surface area contributed by atoms with Crippen LogP contribution in [0.4, 0.5) is 4.39 Å². The number of morpholine rings is 1. The molecule has 1 aliphatic carbocycles. The number of benzene rings is 1. The third kappa shape index (κ3) is 8.53. The van der Waals surface area contributed by atoms with Crippen LogP contribution in [-0.2, 0) is 9.53 Å². The molecule has 7 nitrogen and oxygen atoms in total. The summed E-state index contributed by atoms with van der Waals surface area (Å²) in [5.41, 5.74) is 1.04. The molecule has 1 saturated carbocycles. The number of carbonyl (C=O) groups is 1. The maximum Gasteiger partial charge on any atom is 0.239 e. The average molecular weight is 547 g/mol. The van der Waals surface area contributed by atoms with Gasteiger partial charge < -0.3 is 20.7 Å². The molecule has 2 aliphatic rings. The Morgan fingerprint density at radius 1 is 1.16 bits per heavy atom. The molecule has 3 rings (SSSR count). The molecule has 1 unspecified atom stereocenters. The molecule has 9 heteroatoms. The van der Waals surface area contributed by atoms with E-state index in [9.17, 15) is 9.18 Å². The van der Waals surface area contributed by atoms with Crippen LogP contribution >= 0.6 is 24.0 Å². The maximum absolute atomic E-state index is 13.4. The summed E-state index contributed by atoms with van der Waals surface area (Å²) >= 11 is 0. The van der Waals surface area contributed by atoms with E-state index >= 15 is 0 Å². The van der Waals surface area contributed by atoms with E-state index in [0.717, 1.165) is 31.5 Å². The molecule has 0 bridgehead atoms. The van der Waals surface area contributed by atoms with Gasteiger partial charge in [0.15, 0.2) is 5.96 Å². The van der Waals surface area contributed by atoms with Gasteiger partial charge in [-0.05, 0) is 30.5 Å². The molecule has 0 aromatic heterocycles. The molecule has 1 atom stereocenters. The van der Waals surface area contributed by atoms with Crippen LogP contribution in [0.25, 0.3) is 0 Å². The first-order chi connectivity index (χ1) is 14.7. The lowest BCUT2D eigenvalue weighted by Gasteiger charge is -2.35. The third-order valence-corrected chi connectivity index (χ3v) is 5.81. The smallest absolute Gasteiger partial charge is 0.239 e. The normalized spacial score (nSPS) is 19.2. The van der Waals surface area contributed by atoms with Gasteiger partial charge >= 0.3 is 0 Å². The van der Waals surface area contributed by atoms with E-state index in [1.54, 1.807) is 7.05 Å². The van der Waals surface area contributed by atoms with E-state index < -0.39 is 0 Å². The Morgan fingerprint density at radius 2 is 1.84 bits per heavy atom. The summed E-state index contributed by atoms with van der Waals surface area (Å²) in [6, 6.07) is 6.99. The molecule has 1 saturated heterocycles. The second-order valence-corrected chi connectivity index (χ2v) is 7.92. The number of aliphatic imine (C=N–C) groups is 1. The molecule has 1 aromatic carbocycles. The summed E-state index contributed by atoms with van der Waals surface area (Å²) in [7, 11) is 1.69. The lowest BCUT2D eigenvalue weighted by Crippen LogP contribution is -2.48. The summed E-state index contributed by atoms with van der Waals surface area (Å²) in [5.74, 6) is 0.330. The van der Waals surface area contributed by atoms with Crippen LogP contribution in [0.5, 0.6) is 0 Å². The Labute approximate surface area is 201 Å². The summed E-state index contributed by atoms with van der Waals surface area (Å²) in [6.07, 6.45) is 5.77. The Morgan fingerprint density at radius 3 is 2.48 bits per heavy atom. The van der Waals surface area contributed by atoms with E-state index in [2.05, 4.69) is 25.8 Å². The van der Waals surface area contributed by atoms with Crippen molar-refractivity contribution in [2.75, 3.05) is 46.4 Å². The van der Waals surface area contributed by atoms with Gasteiger partial charge in [-0.15, -0.1) is 24.0 Å². The predicted molar refractivity (Wildman–Crippen MR) is 131 cm³/mol. The van der Waals surface area contributed by atoms with Crippen molar-refractivity contribution < 1.29 is 13.9 Å². The number of nitrogens with one attached hydrogen (secondary N) is 3. The zero-order valence-corrected chi connectivity index (χ0v) is 20.6. The fourth-order valence-corrected chi connectivity index (χ4v) is 4.14. The van der Waals surface area contributed by atoms with Crippen LogP contribution < -0.4 is 16.0 Å². The first kappa shape index (κ1) is 25.8. The SMILES string of the molecule is CN=C(NCC(=O)NC1CCCCC1)NCC(c1ccc(F)cc1)N1CCOCC1.I. The minimum Gasteiger partial charge on any atom is -0.379 e. The second kappa shape index (κ2) is 13.8. The van der Waals surface area contributed by atoms with Crippen LogP contribution in [0, 0.1) is 5.82 Å². The Bertz CT molecular complexity index is 692. The third-order valence-electron chi connectivity index (χ3n) is 5.81. The minimum atomic E-state index is -0.242. The number of nitrogens with zero attached hydrogens (tertiary/aromatic N) is 2. The van der Waals surface area contributed by atoms with E-state index in [1.807, 2.05) is 12.1 Å². The summed E-state index contributed by atoms with van der Waals surface area (Å²) in [6.45, 7) is 3.79. The minimum absolute atomic E-state index is 0. The number of rotatable bonds is 7. The van der Waals surface area contributed by atoms with Crippen LogP contribution in [-0.4, -0.2) is 69.2 Å². The highest BCUT2D eigenvalue weighted by Gasteiger charge is 2.23. The predicted octanol–water partition coefficient (Wildman–Crippen LogP) is 2.43. The van der Waals surface area contributed by atoms with Crippen LogP contribution in [0.1, 0.15) is 43.7 Å². The topological polar surface area (TPSA) is 78.0 Å². The summed E-state index contributed by atoms with van der Waals surface area (Å²) in [5, 5.41) is 9.53. The van der Waals surface area contributed by atoms with Crippen molar-refractivity contribution in [2.24, 2.45) is 4.99 Å². The van der Waals surface area contributed by atoms with Gasteiger partial charge in [-0.1, -0.05) is 31.4 Å². The summed E-state index contributed by atoms with van der Waals surface area (Å²) < 4.78 is 18.9. The van der Waals surface area contributed by atoms with Gasteiger partial charge in [0.25, 0.3) is 0 Å². The molecular formula is C22H35FIN5O2. The molecule has 0 spiro atoms. The monoisotopic (exact) mass is 547 g/mol. The molecule has 1 heterocycles. The first-order valence-electron chi connectivity index (χ1n) is 11.0. The Balaban J connectivity index is 0.00000341. The number of halogens is 2. The van der Waals surface area contributed by atoms with Crippen molar-refractivity contribution in [1.29, 1.82) is 0 Å². The zero-order chi connectivity index (χ0) is 21.2. The van der Waals surface area contributed by atoms with Gasteiger partial charge in [-0.2, -0.15) is 0 Å². The van der Waals surface area contributed by atoms with Gasteiger partial charge in [0.1, 0.15) is 5.82 Å². The fraction of sp³-hybridized carbons (Fsp3) is 0.636. The fourth-order valence-electron chi connectivity index (χ4n) is 4.14. The van der Waals surface area contributed by atoms with E-state index in [1.165, 1.54) is 31.4 Å². The Hall–Kier alpha value is -1.46. The number of ether oxygens (including phenoxy) is 1. The van der Waals surface area contributed by atoms with Crippen molar-refractivity contribution >= 4 is 35.8 Å². The standard InChI is InChI=1S/C22H34FN5O2.HI/c1-24-22(26-16-21(29)27-19-5-3-2-4-6-19)25-15-20(28-11-13-30-14-12-28)17-7-9-18(23)10-8-17;/h7-10,19-20H,2-6,11-16H2,1H3,(H,27,29)(H2,24,25,26);1H. The highest BCUT2D eigenvalue weighted by Crippen LogP contribution is 2.21. The molecular weight excluding hydrogens is 512 g/mol. The highest BCUT2D eigenvalue weighted by atomic mass is 127. The number of amides is 1. The van der Waals surface area contributed by atoms with Gasteiger partial charge in [0, 0.05) is 32.7 Å². The molecule has 1 amide bonds. The zero-order valence-electron chi connectivity index (χ0n) is 18.2. The number of hydrogen-bond acceptors (Lipinski definition) is 4. The van der Waals surface area contributed by atoms with Gasteiger partial charge in [-0.25, -0.2) is 4.39 Å². The number of guanidine groups is 1. The molecule has 1 aromatic rings. The van der Waals surface area contributed by atoms with Crippen molar-refractivity contribution in [1.82, 2.24) is 20.9 Å². The van der Waals surface area contributed by atoms with Crippen LogP contribution in [0.3, 0.4) is 0 Å². The van der Waals surface area contributed by atoms with Gasteiger partial charge in [-0.3, -0.25) is 14.7 Å². The number of carbonyl (C=O) groups excluding carboxylic acids is 1. The van der Waals surface area contributed by atoms with E-state index in [4.69, 9.17) is 4.74 Å². The molecule has 0 radical (unpaired) electrons. The van der Waals surface area contributed by atoms with Crippen molar-refractivity contribution in [2.45, 2.75) is 44.2 Å². The molecule has 174 valence electrons. The van der Waals surface area contributed by atoms with E-state index in [-0.39, 0.29) is 48.3 Å². The van der Waals surface area contributed by atoms with Crippen LogP contribution in [0.15, 0.2) is 29.3 Å². The molecule has 1 aliphatic heterocycles. The lowest BCUT2D eigenvalue weighted by molar-refractivity contribution is -0.120. The summed E-state index contributed by atoms with van der Waals surface area (Å²) in [4.78, 5) is 18.8. The van der Waals surface area contributed by atoms with Gasteiger partial charge in [0.2, 0.25) is 5.91 Å². The number of hydrogen-bond donors (Lipinski definition) is 3. The van der Waals surface area contributed by atoms with Crippen molar-refractivity contribution in [3.8, 4) is 0 Å². The first-order valence-corrected chi connectivity index (χ1v) is 11.0. The Kier molecular flexibility index (Phi) is 11.5. The second-order valence-electron chi connectivity index (χ2n) is 7.92. The maximum atomic E-state index is 13.4. The lowest BCUT2D eigenvalue weighted by atomic mass is 9.95. The highest BCUT2D eigenvalue weighted by molar-refractivity contribution is 14.0. The van der Waals surface area contributed by atoms with E-state index in [0.29, 0.717) is 31.8 Å². The average Bonchev–Trinajstić information content (AvgIpc) is 2.78. The van der Waals surface area contributed by atoms with Crippen molar-refractivity contribution in [3.05, 3.63) is 35.6 Å².